The van der Waals surface area contributed by atoms with Gasteiger partial charge in [0.2, 0.25) is 0 Å². The van der Waals surface area contributed by atoms with Crippen molar-refractivity contribution in [1.29, 1.82) is 0 Å². The Labute approximate surface area is 86.0 Å². The topological polar surface area (TPSA) is 0 Å². The van der Waals surface area contributed by atoms with Gasteiger partial charge in [0.15, 0.2) is 0 Å². The highest BCUT2D eigenvalue weighted by Gasteiger charge is 2.27. The first-order valence-corrected chi connectivity index (χ1v) is 8.34. The highest BCUT2D eigenvalue weighted by molar-refractivity contribution is 7.80. The Morgan fingerprint density at radius 3 is 1.82 bits per heavy atom. The van der Waals surface area contributed by atoms with Gasteiger partial charge in [-0.25, -0.2) is 0 Å². The standard InChI is InChI=1S/C6H5Cl3SSi/c7-11(8,9)6-3-1-5(10)2-4-6/h1-4,10H. The van der Waals surface area contributed by atoms with Crippen molar-refractivity contribution in [2.45, 2.75) is 4.90 Å². The minimum absolute atomic E-state index is 0.792. The molecule has 5 heteroatoms. The number of benzene rings is 1. The third-order valence-electron chi connectivity index (χ3n) is 1.19. The largest absolute Gasteiger partial charge is 0.372 e. The molecule has 0 nitrogen and oxygen atoms in total. The molecule has 1 aromatic carbocycles. The van der Waals surface area contributed by atoms with Gasteiger partial charge in [-0.1, -0.05) is 12.1 Å². The van der Waals surface area contributed by atoms with Crippen LogP contribution in [0, 0.1) is 0 Å². The number of halogens is 3. The lowest BCUT2D eigenvalue weighted by atomic mass is 10.4. The molecule has 0 bridgehead atoms. The Kier molecular flexibility index (Phi) is 3.17. The van der Waals surface area contributed by atoms with Crippen LogP contribution in [0.4, 0.5) is 0 Å². The molecule has 0 aromatic heterocycles. The monoisotopic (exact) mass is 242 g/mol. The van der Waals surface area contributed by atoms with Gasteiger partial charge in [0.05, 0.1) is 0 Å². The second-order valence-corrected chi connectivity index (χ2v) is 11.0. The maximum absolute atomic E-state index is 5.76. The SMILES string of the molecule is Sc1ccc([Si](Cl)(Cl)Cl)cc1. The quantitative estimate of drug-likeness (QED) is 0.438. The van der Waals surface area contributed by atoms with Crippen molar-refractivity contribution in [3.63, 3.8) is 0 Å². The van der Waals surface area contributed by atoms with Crippen molar-refractivity contribution in [2.24, 2.45) is 0 Å². The van der Waals surface area contributed by atoms with Crippen LogP contribution in [-0.4, -0.2) is 6.00 Å². The van der Waals surface area contributed by atoms with Gasteiger partial charge in [0.25, 0.3) is 0 Å². The summed E-state index contributed by atoms with van der Waals surface area (Å²) >= 11 is 21.4. The number of rotatable bonds is 1. The van der Waals surface area contributed by atoms with Crippen molar-refractivity contribution < 1.29 is 0 Å². The first-order chi connectivity index (χ1) is 5.00. The van der Waals surface area contributed by atoms with Crippen LogP contribution in [-0.2, 0) is 0 Å². The molecule has 1 rings (SSSR count). The highest BCUT2D eigenvalue weighted by atomic mass is 35.8. The maximum atomic E-state index is 5.76. The second-order valence-electron chi connectivity index (χ2n) is 2.04. The molecule has 60 valence electrons. The average molecular weight is 244 g/mol. The van der Waals surface area contributed by atoms with Gasteiger partial charge in [-0.15, -0.1) is 45.9 Å². The van der Waals surface area contributed by atoms with Crippen molar-refractivity contribution >= 4 is 57.1 Å². The van der Waals surface area contributed by atoms with E-state index >= 15 is 0 Å². The molecule has 0 aliphatic rings. The van der Waals surface area contributed by atoms with Crippen LogP contribution in [0.5, 0.6) is 0 Å². The smallest absolute Gasteiger partial charge is 0.143 e. The Morgan fingerprint density at radius 2 is 1.45 bits per heavy atom. The fraction of sp³-hybridized carbons (Fsp3) is 0. The molecule has 0 saturated carbocycles. The van der Waals surface area contributed by atoms with E-state index in [2.05, 4.69) is 12.6 Å². The zero-order chi connectivity index (χ0) is 8.48. The van der Waals surface area contributed by atoms with E-state index in [1.807, 2.05) is 12.1 Å². The van der Waals surface area contributed by atoms with E-state index in [1.54, 1.807) is 12.1 Å². The summed E-state index contributed by atoms with van der Waals surface area (Å²) in [7, 11) is 0. The van der Waals surface area contributed by atoms with Crippen LogP contribution < -0.4 is 5.19 Å². The van der Waals surface area contributed by atoms with E-state index in [9.17, 15) is 0 Å². The van der Waals surface area contributed by atoms with Crippen molar-refractivity contribution in [2.75, 3.05) is 0 Å². The van der Waals surface area contributed by atoms with Crippen LogP contribution in [0.25, 0.3) is 0 Å². The normalized spacial score (nSPS) is 11.6. The van der Waals surface area contributed by atoms with Gasteiger partial charge >= 0.3 is 6.00 Å². The van der Waals surface area contributed by atoms with Crippen molar-refractivity contribution in [1.82, 2.24) is 0 Å². The molecule has 0 N–H and O–H groups in total. The number of thiol groups is 1. The third-order valence-corrected chi connectivity index (χ3v) is 4.44. The van der Waals surface area contributed by atoms with Crippen LogP contribution in [0.1, 0.15) is 0 Å². The molecule has 11 heavy (non-hydrogen) atoms. The van der Waals surface area contributed by atoms with Gasteiger partial charge < -0.3 is 0 Å². The Morgan fingerprint density at radius 1 is 1.00 bits per heavy atom. The summed E-state index contributed by atoms with van der Waals surface area (Å²) in [5.74, 6) is 0. The van der Waals surface area contributed by atoms with E-state index in [0.29, 0.717) is 0 Å². The van der Waals surface area contributed by atoms with Gasteiger partial charge in [0.1, 0.15) is 0 Å². The lowest BCUT2D eigenvalue weighted by Gasteiger charge is -2.06. The maximum Gasteiger partial charge on any atom is 0.372 e. The predicted octanol–water partition coefficient (Wildman–Crippen LogP) is 2.84. The fourth-order valence-corrected chi connectivity index (χ4v) is 2.48. The molecule has 0 atom stereocenters. The lowest BCUT2D eigenvalue weighted by molar-refractivity contribution is 1.50. The first kappa shape index (κ1) is 9.74. The molecule has 0 fully saturated rings. The molecule has 0 amide bonds. The van der Waals surface area contributed by atoms with E-state index in [1.165, 1.54) is 0 Å². The molecule has 1 aromatic rings. The average Bonchev–Trinajstić information content (AvgIpc) is 1.86. The molecule has 0 saturated heterocycles. The van der Waals surface area contributed by atoms with Gasteiger partial charge in [0, 0.05) is 4.90 Å². The Balaban J connectivity index is 2.99. The van der Waals surface area contributed by atoms with E-state index in [0.717, 1.165) is 10.1 Å². The summed E-state index contributed by atoms with van der Waals surface area (Å²) in [5, 5.41) is 0.792. The lowest BCUT2D eigenvalue weighted by Crippen LogP contribution is -2.29. The first-order valence-electron chi connectivity index (χ1n) is 2.86. The number of hydrogen-bond acceptors (Lipinski definition) is 1. The summed E-state index contributed by atoms with van der Waals surface area (Å²) in [6.07, 6.45) is 0. The van der Waals surface area contributed by atoms with Crippen LogP contribution in [0.3, 0.4) is 0 Å². The number of hydrogen-bond donors (Lipinski definition) is 1. The Bertz CT molecular complexity index is 241. The molecule has 0 unspecified atom stereocenters. The van der Waals surface area contributed by atoms with Gasteiger partial charge in [-0.3, -0.25) is 0 Å². The summed E-state index contributed by atoms with van der Waals surface area (Å²) < 4.78 is 0. The van der Waals surface area contributed by atoms with Crippen LogP contribution >= 0.6 is 45.9 Å². The second kappa shape index (κ2) is 3.58. The molecule has 0 aliphatic heterocycles. The van der Waals surface area contributed by atoms with E-state index < -0.39 is 6.00 Å². The van der Waals surface area contributed by atoms with Crippen molar-refractivity contribution in [3.8, 4) is 0 Å². The molecule has 0 heterocycles. The Hall–Kier alpha value is 0.657. The molecule has 0 aliphatic carbocycles. The summed E-state index contributed by atoms with van der Waals surface area (Å²) in [6.45, 7) is 0. The fourth-order valence-electron chi connectivity index (χ4n) is 0.650. The summed E-state index contributed by atoms with van der Waals surface area (Å²) in [5.41, 5.74) is 0. The van der Waals surface area contributed by atoms with Crippen LogP contribution in [0.2, 0.25) is 0 Å². The van der Waals surface area contributed by atoms with Crippen LogP contribution in [0.15, 0.2) is 29.2 Å². The predicted molar refractivity (Wildman–Crippen MR) is 56.6 cm³/mol. The molecule has 0 radical (unpaired) electrons. The van der Waals surface area contributed by atoms with E-state index in [-0.39, 0.29) is 0 Å². The van der Waals surface area contributed by atoms with E-state index in [4.69, 9.17) is 33.2 Å². The molecular weight excluding hydrogens is 239 g/mol. The third kappa shape index (κ3) is 2.88. The van der Waals surface area contributed by atoms with Gasteiger partial charge in [-0.05, 0) is 17.3 Å². The zero-order valence-electron chi connectivity index (χ0n) is 5.39. The van der Waals surface area contributed by atoms with Gasteiger partial charge in [-0.2, -0.15) is 0 Å². The molecule has 0 spiro atoms. The minimum atomic E-state index is -2.67. The highest BCUT2D eigenvalue weighted by Crippen LogP contribution is 2.19. The summed E-state index contributed by atoms with van der Waals surface area (Å²) in [4.78, 5) is 0.872. The van der Waals surface area contributed by atoms with Crippen molar-refractivity contribution in [3.05, 3.63) is 24.3 Å². The zero-order valence-corrected chi connectivity index (χ0v) is 9.55. The molecular formula is C6H5Cl3SSi. The minimum Gasteiger partial charge on any atom is -0.143 e. The summed E-state index contributed by atoms with van der Waals surface area (Å²) in [6, 6.07) is 4.54.